The molecule has 2 aromatic rings. The zero-order valence-corrected chi connectivity index (χ0v) is 17.4. The summed E-state index contributed by atoms with van der Waals surface area (Å²) in [5.41, 5.74) is 3.19. The molecule has 6 heteroatoms. The fraction of sp³-hybridized carbons (Fsp3) is 0.545. The Kier molecular flexibility index (Phi) is 7.48. The lowest BCUT2D eigenvalue weighted by atomic mass is 10.1. The number of hydrogen-bond donors (Lipinski definition) is 2. The average molecular weight is 384 g/mol. The van der Waals surface area contributed by atoms with Gasteiger partial charge in [0.25, 0.3) is 0 Å². The first-order valence-electron chi connectivity index (χ1n) is 10.4. The van der Waals surface area contributed by atoms with Crippen molar-refractivity contribution >= 4 is 5.96 Å². The second kappa shape index (κ2) is 10.3. The molecule has 2 N–H and O–H groups in total. The standard InChI is InChI=1S/C22H33N5O/c1-4-13-27-14-10-19(11-15-27)26-22(23-3)24-12-9-20-16-28-21(25-20)18-7-5-17(2)6-8-18/h5-8,16,19H,4,9-15H2,1-3H3,(H2,23,24,26). The number of benzene rings is 1. The van der Waals surface area contributed by atoms with Gasteiger partial charge in [0.2, 0.25) is 5.89 Å². The zero-order valence-electron chi connectivity index (χ0n) is 17.4. The monoisotopic (exact) mass is 383 g/mol. The Bertz CT molecular complexity index is 745. The molecule has 28 heavy (non-hydrogen) atoms. The van der Waals surface area contributed by atoms with Gasteiger partial charge < -0.3 is 20.0 Å². The summed E-state index contributed by atoms with van der Waals surface area (Å²) in [4.78, 5) is 11.5. The molecule has 0 aliphatic carbocycles. The van der Waals surface area contributed by atoms with E-state index in [4.69, 9.17) is 4.42 Å². The Morgan fingerprint density at radius 2 is 2.00 bits per heavy atom. The van der Waals surface area contributed by atoms with Crippen molar-refractivity contribution in [2.24, 2.45) is 4.99 Å². The molecule has 152 valence electrons. The summed E-state index contributed by atoms with van der Waals surface area (Å²) >= 11 is 0. The van der Waals surface area contributed by atoms with E-state index in [0.717, 1.165) is 30.2 Å². The quantitative estimate of drug-likeness (QED) is 0.568. The van der Waals surface area contributed by atoms with Gasteiger partial charge in [-0.05, 0) is 44.9 Å². The first kappa shape index (κ1) is 20.4. The Morgan fingerprint density at radius 1 is 1.25 bits per heavy atom. The number of nitrogens with one attached hydrogen (secondary N) is 2. The molecule has 1 aliphatic heterocycles. The van der Waals surface area contributed by atoms with E-state index in [1.165, 1.54) is 44.5 Å². The van der Waals surface area contributed by atoms with Crippen molar-refractivity contribution in [2.75, 3.05) is 33.2 Å². The number of aromatic nitrogens is 1. The average Bonchev–Trinajstić information content (AvgIpc) is 3.18. The molecule has 1 fully saturated rings. The maximum absolute atomic E-state index is 5.64. The Balaban J connectivity index is 1.42. The maximum atomic E-state index is 5.64. The van der Waals surface area contributed by atoms with Crippen molar-refractivity contribution in [3.05, 3.63) is 41.8 Å². The highest BCUT2D eigenvalue weighted by Gasteiger charge is 2.19. The molecular weight excluding hydrogens is 350 g/mol. The third kappa shape index (κ3) is 5.83. The van der Waals surface area contributed by atoms with Gasteiger partial charge in [0.1, 0.15) is 6.26 Å². The number of rotatable bonds is 7. The molecule has 0 saturated carbocycles. The smallest absolute Gasteiger partial charge is 0.226 e. The van der Waals surface area contributed by atoms with Crippen LogP contribution >= 0.6 is 0 Å². The first-order chi connectivity index (χ1) is 13.7. The number of oxazole rings is 1. The summed E-state index contributed by atoms with van der Waals surface area (Å²) in [6, 6.07) is 8.73. The van der Waals surface area contributed by atoms with Crippen LogP contribution in [0.3, 0.4) is 0 Å². The lowest BCUT2D eigenvalue weighted by molar-refractivity contribution is 0.206. The molecule has 1 aromatic heterocycles. The highest BCUT2D eigenvalue weighted by molar-refractivity contribution is 5.79. The molecule has 1 aromatic carbocycles. The van der Waals surface area contributed by atoms with Gasteiger partial charge in [-0.25, -0.2) is 4.98 Å². The Hall–Kier alpha value is -2.34. The predicted octanol–water partition coefficient (Wildman–Crippen LogP) is 3.23. The maximum Gasteiger partial charge on any atom is 0.226 e. The first-order valence-corrected chi connectivity index (χ1v) is 10.4. The van der Waals surface area contributed by atoms with Gasteiger partial charge in [-0.2, -0.15) is 0 Å². The zero-order chi connectivity index (χ0) is 19.8. The number of likely N-dealkylation sites (tertiary alicyclic amines) is 1. The molecule has 3 rings (SSSR count). The molecule has 0 spiro atoms. The summed E-state index contributed by atoms with van der Waals surface area (Å²) < 4.78 is 5.64. The molecule has 2 heterocycles. The number of hydrogen-bond acceptors (Lipinski definition) is 4. The van der Waals surface area contributed by atoms with E-state index in [9.17, 15) is 0 Å². The Labute approximate surface area is 168 Å². The van der Waals surface area contributed by atoms with Gasteiger partial charge in [-0.1, -0.05) is 24.6 Å². The minimum Gasteiger partial charge on any atom is -0.444 e. The van der Waals surface area contributed by atoms with Crippen LogP contribution < -0.4 is 10.6 Å². The largest absolute Gasteiger partial charge is 0.444 e. The number of piperidine rings is 1. The molecule has 0 amide bonds. The summed E-state index contributed by atoms with van der Waals surface area (Å²) in [6.45, 7) is 8.64. The van der Waals surface area contributed by atoms with Crippen LogP contribution in [0.4, 0.5) is 0 Å². The highest BCUT2D eigenvalue weighted by atomic mass is 16.3. The van der Waals surface area contributed by atoms with Crippen molar-refractivity contribution in [3.8, 4) is 11.5 Å². The van der Waals surface area contributed by atoms with E-state index in [1.807, 2.05) is 19.2 Å². The van der Waals surface area contributed by atoms with Gasteiger partial charge in [-0.15, -0.1) is 0 Å². The van der Waals surface area contributed by atoms with Crippen LogP contribution in [0.5, 0.6) is 0 Å². The third-order valence-corrected chi connectivity index (χ3v) is 5.22. The topological polar surface area (TPSA) is 65.7 Å². The summed E-state index contributed by atoms with van der Waals surface area (Å²) in [5.74, 6) is 1.55. The van der Waals surface area contributed by atoms with E-state index in [0.29, 0.717) is 11.9 Å². The lowest BCUT2D eigenvalue weighted by Gasteiger charge is -2.32. The third-order valence-electron chi connectivity index (χ3n) is 5.22. The van der Waals surface area contributed by atoms with Gasteiger partial charge in [0.15, 0.2) is 5.96 Å². The fourth-order valence-electron chi connectivity index (χ4n) is 3.56. The van der Waals surface area contributed by atoms with Crippen molar-refractivity contribution in [1.29, 1.82) is 0 Å². The molecule has 1 aliphatic rings. The SMILES string of the molecule is CCCN1CCC(NC(=NC)NCCc2coc(-c3ccc(C)cc3)n2)CC1. The van der Waals surface area contributed by atoms with Gasteiger partial charge >= 0.3 is 0 Å². The van der Waals surface area contributed by atoms with Crippen molar-refractivity contribution in [3.63, 3.8) is 0 Å². The summed E-state index contributed by atoms with van der Waals surface area (Å²) in [7, 11) is 1.83. The van der Waals surface area contributed by atoms with Crippen LogP contribution in [0.25, 0.3) is 11.5 Å². The predicted molar refractivity (Wildman–Crippen MR) is 115 cm³/mol. The Morgan fingerprint density at radius 3 is 2.68 bits per heavy atom. The van der Waals surface area contributed by atoms with Gasteiger partial charge in [-0.3, -0.25) is 4.99 Å². The van der Waals surface area contributed by atoms with E-state index in [1.54, 1.807) is 6.26 Å². The summed E-state index contributed by atoms with van der Waals surface area (Å²) in [5, 5.41) is 6.96. The van der Waals surface area contributed by atoms with Crippen LogP contribution in [0.15, 0.2) is 39.9 Å². The van der Waals surface area contributed by atoms with Crippen molar-refractivity contribution in [2.45, 2.75) is 45.6 Å². The second-order valence-corrected chi connectivity index (χ2v) is 7.52. The normalized spacial score (nSPS) is 16.3. The number of guanidine groups is 1. The molecular formula is C22H33N5O. The molecule has 1 saturated heterocycles. The van der Waals surface area contributed by atoms with E-state index in [2.05, 4.69) is 51.5 Å². The molecule has 6 nitrogen and oxygen atoms in total. The second-order valence-electron chi connectivity index (χ2n) is 7.52. The van der Waals surface area contributed by atoms with Crippen LogP contribution in [-0.4, -0.2) is 55.1 Å². The minimum absolute atomic E-state index is 0.500. The van der Waals surface area contributed by atoms with Crippen molar-refractivity contribution in [1.82, 2.24) is 20.5 Å². The lowest BCUT2D eigenvalue weighted by Crippen LogP contribution is -2.49. The van der Waals surface area contributed by atoms with Gasteiger partial charge in [0, 0.05) is 44.7 Å². The number of aryl methyl sites for hydroxylation is 1. The van der Waals surface area contributed by atoms with Crippen LogP contribution in [0, 0.1) is 6.92 Å². The molecule has 0 unspecified atom stereocenters. The molecule has 0 atom stereocenters. The molecule has 0 radical (unpaired) electrons. The number of aliphatic imine (C=N–C) groups is 1. The van der Waals surface area contributed by atoms with Gasteiger partial charge in [0.05, 0.1) is 5.69 Å². The van der Waals surface area contributed by atoms with E-state index < -0.39 is 0 Å². The number of nitrogens with zero attached hydrogens (tertiary/aromatic N) is 3. The minimum atomic E-state index is 0.500. The fourth-order valence-corrected chi connectivity index (χ4v) is 3.56. The highest BCUT2D eigenvalue weighted by Crippen LogP contribution is 2.19. The van der Waals surface area contributed by atoms with Crippen LogP contribution in [-0.2, 0) is 6.42 Å². The molecule has 0 bridgehead atoms. The summed E-state index contributed by atoms with van der Waals surface area (Å²) in [6.07, 6.45) is 6.12. The van der Waals surface area contributed by atoms with E-state index >= 15 is 0 Å². The van der Waals surface area contributed by atoms with Crippen LogP contribution in [0.2, 0.25) is 0 Å². The van der Waals surface area contributed by atoms with E-state index in [-0.39, 0.29) is 0 Å². The van der Waals surface area contributed by atoms with Crippen molar-refractivity contribution < 1.29 is 4.42 Å². The van der Waals surface area contributed by atoms with Crippen LogP contribution in [0.1, 0.15) is 37.4 Å².